The molecule has 1 saturated heterocycles. The second-order valence-corrected chi connectivity index (χ2v) is 37.7. The smallest absolute Gasteiger partial charge is 0.270 e. The summed E-state index contributed by atoms with van der Waals surface area (Å²) in [6, 6.07) is 26.7. The molecule has 0 radical (unpaired) electrons. The average molecular weight is 1500 g/mol. The number of aromatic nitrogens is 3. The predicted octanol–water partition coefficient (Wildman–Crippen LogP) is 18.1. The van der Waals surface area contributed by atoms with Crippen LogP contribution in [-0.4, -0.2) is 132 Å². The van der Waals surface area contributed by atoms with Gasteiger partial charge in [0.05, 0.1) is 33.6 Å². The quantitative estimate of drug-likeness (QED) is 0.103. The van der Waals surface area contributed by atoms with Crippen molar-refractivity contribution in [2.75, 3.05) is 54.9 Å². The maximum absolute atomic E-state index is 12.2. The molecular formula is C82H116F2N10O6S4. The van der Waals surface area contributed by atoms with Crippen molar-refractivity contribution in [1.82, 2.24) is 50.5 Å². The van der Waals surface area contributed by atoms with Gasteiger partial charge in [-0.1, -0.05) is 176 Å². The molecule has 8 heterocycles. The lowest BCUT2D eigenvalue weighted by Gasteiger charge is -2.29. The Morgan fingerprint density at radius 2 is 1.10 bits per heavy atom. The number of hydrogen-bond donors (Lipinski definition) is 5. The Morgan fingerprint density at radius 1 is 0.587 bits per heavy atom. The number of rotatable bonds is 7. The monoisotopic (exact) mass is 1500 g/mol. The number of benzene rings is 3. The molecule has 0 aliphatic carbocycles. The molecule has 3 aromatic carbocycles. The van der Waals surface area contributed by atoms with Crippen LogP contribution in [0.5, 0.6) is 0 Å². The summed E-state index contributed by atoms with van der Waals surface area (Å²) in [6.07, 6.45) is 1.47. The number of piperidine rings is 1. The van der Waals surface area contributed by atoms with E-state index < -0.39 is 18.9 Å². The van der Waals surface area contributed by atoms with Crippen LogP contribution in [0.25, 0.3) is 10.9 Å². The Morgan fingerprint density at radius 3 is 1.59 bits per heavy atom. The summed E-state index contributed by atoms with van der Waals surface area (Å²) >= 11 is 5.93. The van der Waals surface area contributed by atoms with E-state index in [9.17, 15) is 37.5 Å². The number of nitrogens with zero attached hydrogens (tertiary/aromatic N) is 5. The molecule has 0 unspecified atom stereocenters. The van der Waals surface area contributed by atoms with E-state index >= 15 is 0 Å². The zero-order valence-electron chi connectivity index (χ0n) is 66.5. The van der Waals surface area contributed by atoms with Gasteiger partial charge < -0.3 is 36.0 Å². The molecule has 3 aliphatic rings. The molecule has 8 aromatic rings. The minimum Gasteiger partial charge on any atom is -0.354 e. The van der Waals surface area contributed by atoms with E-state index in [1.807, 2.05) is 70.4 Å². The van der Waals surface area contributed by atoms with Crippen LogP contribution in [0.4, 0.5) is 8.78 Å². The Balaban J connectivity index is 0.000000219. The second-order valence-electron chi connectivity index (χ2n) is 34.1. The third-order valence-electron chi connectivity index (χ3n) is 17.5. The number of hydrogen-bond acceptors (Lipinski definition) is 13. The minimum absolute atomic E-state index is 0.0219. The Bertz CT molecular complexity index is 4180. The van der Waals surface area contributed by atoms with Crippen LogP contribution in [0.15, 0.2) is 101 Å². The van der Waals surface area contributed by atoms with Gasteiger partial charge in [-0.05, 0) is 181 Å². The summed E-state index contributed by atoms with van der Waals surface area (Å²) in [7, 11) is 9.14. The number of nitrogens with one attached hydrogen (secondary N) is 5. The van der Waals surface area contributed by atoms with Crippen molar-refractivity contribution in [3.05, 3.63) is 182 Å². The molecule has 5 aromatic heterocycles. The fourth-order valence-electron chi connectivity index (χ4n) is 10.3. The zero-order chi connectivity index (χ0) is 78.4. The molecule has 0 atom stereocenters. The van der Waals surface area contributed by atoms with Crippen molar-refractivity contribution < 1.29 is 37.5 Å². The number of carbonyl (C=O) groups is 6. The highest BCUT2D eigenvalue weighted by Crippen LogP contribution is 2.34. The van der Waals surface area contributed by atoms with Crippen LogP contribution >= 0.6 is 45.5 Å². The summed E-state index contributed by atoms with van der Waals surface area (Å²) in [5.41, 5.74) is 13.3. The number of halogens is 2. The fourth-order valence-corrected chi connectivity index (χ4v) is 14.3. The van der Waals surface area contributed by atoms with Gasteiger partial charge in [-0.15, -0.1) is 34.0 Å². The van der Waals surface area contributed by atoms with E-state index in [0.717, 1.165) is 79.8 Å². The summed E-state index contributed by atoms with van der Waals surface area (Å²) in [5, 5.41) is 24.7. The third-order valence-corrected chi connectivity index (χ3v) is 21.9. The van der Waals surface area contributed by atoms with Gasteiger partial charge in [-0.3, -0.25) is 33.9 Å². The molecule has 568 valence electrons. The van der Waals surface area contributed by atoms with Crippen molar-refractivity contribution in [3.63, 3.8) is 0 Å². The Kier molecular flexibility index (Phi) is 30.3. The number of thiophene rings is 3. The van der Waals surface area contributed by atoms with Crippen LogP contribution in [0, 0.1) is 0 Å². The molecule has 0 saturated carbocycles. The molecule has 16 nitrogen and oxygen atoms in total. The fraction of sp³-hybridized carbons (Fsp3) is 0.512. The molecule has 22 heteroatoms. The zero-order valence-corrected chi connectivity index (χ0v) is 69.8. The first-order valence-corrected chi connectivity index (χ1v) is 38.8. The first-order chi connectivity index (χ1) is 47.9. The van der Waals surface area contributed by atoms with Gasteiger partial charge in [0.2, 0.25) is 0 Å². The topological polar surface area (TPSA) is 202 Å². The number of aromatic amines is 1. The number of alkyl halides is 2. The van der Waals surface area contributed by atoms with Crippen LogP contribution in [0.3, 0.4) is 0 Å². The highest BCUT2D eigenvalue weighted by molar-refractivity contribution is 7.12. The first-order valence-electron chi connectivity index (χ1n) is 35.4. The number of likely N-dealkylation sites (tertiary alicyclic amines) is 1. The van der Waals surface area contributed by atoms with E-state index in [1.54, 1.807) is 53.7 Å². The molecule has 6 amide bonds. The largest absolute Gasteiger partial charge is 0.354 e. The Labute approximate surface area is 634 Å². The molecule has 3 aliphatic heterocycles. The van der Waals surface area contributed by atoms with Crippen LogP contribution < -0.4 is 21.3 Å². The third kappa shape index (κ3) is 26.2. The van der Waals surface area contributed by atoms with Gasteiger partial charge >= 0.3 is 0 Å². The predicted molar refractivity (Wildman–Crippen MR) is 430 cm³/mol. The van der Waals surface area contributed by atoms with Gasteiger partial charge in [0.1, 0.15) is 5.69 Å². The van der Waals surface area contributed by atoms with Gasteiger partial charge in [0.25, 0.3) is 41.9 Å². The number of amides is 6. The lowest BCUT2D eigenvalue weighted by molar-refractivity contribution is 0.0813. The van der Waals surface area contributed by atoms with E-state index in [4.69, 9.17) is 0 Å². The van der Waals surface area contributed by atoms with Gasteiger partial charge in [0.15, 0.2) is 0 Å². The average Bonchev–Trinajstić information content (AvgIpc) is 1.62. The maximum Gasteiger partial charge on any atom is 0.270 e. The molecule has 5 N–H and O–H groups in total. The van der Waals surface area contributed by atoms with Crippen molar-refractivity contribution in [2.24, 2.45) is 0 Å². The first kappa shape index (κ1) is 87.1. The standard InChI is InChI=1S/C15H24N2OS.C13H17NO.C12H15NO.C11H15F2NOS.C11H14N2.C11H17NOS.C9H14N2OS/c1-15(2,3)11-9-13(19-10-11)14(18)16-12-5-7-17(4)8-6-12;1-13(2,3)10-5-6-11-9(7-10)8-14(4)12(11)15;1-12(2,3)9-4-5-10-8(6-9)7-13-11(10)14;1-11(2,3)8-4-7(6-16-8)10(15)14-5-9(12)13;1-11(2,3)9-4-5-10-8(6-9)7-12-13-10;1-11(2,3)8-6-9(14-7-8)10(13)12(4)5;1-9(2,3)7-5-6(11-13-7)8(12)10-4/h9-10,12H,5-8H2,1-4H3,(H,16,18);5-7H,8H2,1-4H3;4-6H,7H2,1-3H3,(H,13,14);4,6,9H,5H2,1-3H3,(H,14,15);4-7H,1-3H3,(H,12,13);6-7H,1-5H3;5H,1-4H3,(H,10,12). The molecule has 0 spiro atoms. The second kappa shape index (κ2) is 36.2. The van der Waals surface area contributed by atoms with Crippen LogP contribution in [0.1, 0.15) is 268 Å². The Hall–Kier alpha value is -7.50. The number of carbonyl (C=O) groups excluding carboxylic acids is 6. The molecular weight excluding hydrogens is 1390 g/mol. The summed E-state index contributed by atoms with van der Waals surface area (Å²) in [4.78, 5) is 79.0. The van der Waals surface area contributed by atoms with Gasteiger partial charge in [-0.25, -0.2) is 8.78 Å². The molecule has 11 rings (SSSR count). The van der Waals surface area contributed by atoms with Crippen LogP contribution in [0.2, 0.25) is 0 Å². The van der Waals surface area contributed by atoms with Crippen molar-refractivity contribution in [3.8, 4) is 0 Å². The highest BCUT2D eigenvalue weighted by Gasteiger charge is 2.29. The maximum atomic E-state index is 12.2. The number of H-pyrrole nitrogens is 1. The SMILES string of the molecule is CC(C)(C)c1cc(C(=O)NCC(F)F)cs1.CC(C)(C)c1ccc2[nH]ncc2c1.CC(C)(C)c1ccc2c(c1)CNC2=O.CN(C)C(=O)c1cc(C(C)(C)C)cs1.CN1CCC(NC(=O)c2cc(C(C)(C)C)cs2)CC1.CN1Cc2cc(C(C)(C)C)ccc2C1=O.CNC(=O)c1cc(C(C)(C)C)sn1. The van der Waals surface area contributed by atoms with Crippen LogP contribution in [-0.2, 0) is 51.0 Å². The molecule has 1 fully saturated rings. The van der Waals surface area contributed by atoms with E-state index in [0.29, 0.717) is 23.8 Å². The van der Waals surface area contributed by atoms with E-state index in [1.165, 1.54) is 67.4 Å². The normalized spacial score (nSPS) is 14.0. The van der Waals surface area contributed by atoms with Gasteiger partial charge in [-0.2, -0.15) is 9.47 Å². The van der Waals surface area contributed by atoms with Crippen molar-refractivity contribution in [2.45, 2.75) is 222 Å². The summed E-state index contributed by atoms with van der Waals surface area (Å²) in [5.74, 6) is -0.176. The molecule has 0 bridgehead atoms. The lowest BCUT2D eigenvalue weighted by atomic mass is 9.85. The van der Waals surface area contributed by atoms with Crippen molar-refractivity contribution in [1.29, 1.82) is 0 Å². The van der Waals surface area contributed by atoms with E-state index in [-0.39, 0.29) is 67.4 Å². The lowest BCUT2D eigenvalue weighted by Crippen LogP contribution is -2.43. The highest BCUT2D eigenvalue weighted by atomic mass is 32.1. The minimum atomic E-state index is -2.51. The van der Waals surface area contributed by atoms with Gasteiger partial charge in [0, 0.05) is 79.0 Å². The summed E-state index contributed by atoms with van der Waals surface area (Å²) in [6.45, 7) is 48.1. The van der Waals surface area contributed by atoms with E-state index in [2.05, 4.69) is 220 Å². The number of fused-ring (bicyclic) bond motifs is 3. The molecule has 104 heavy (non-hydrogen) atoms. The van der Waals surface area contributed by atoms with Crippen molar-refractivity contribution >= 4 is 91.9 Å². The summed E-state index contributed by atoms with van der Waals surface area (Å²) < 4.78 is 27.9.